The molecule has 0 saturated carbocycles. The number of hydrogen-bond acceptors (Lipinski definition) is 3. The van der Waals surface area contributed by atoms with E-state index in [1.165, 1.54) is 28.0 Å². The molecule has 1 fully saturated rings. The van der Waals surface area contributed by atoms with Crippen LogP contribution in [0.1, 0.15) is 39.2 Å². The number of anilines is 1. The molecule has 30 heavy (non-hydrogen) atoms. The highest BCUT2D eigenvalue weighted by Crippen LogP contribution is 2.47. The quantitative estimate of drug-likeness (QED) is 0.577. The minimum Gasteiger partial charge on any atom is -0.306 e. The van der Waals surface area contributed by atoms with Gasteiger partial charge in [0, 0.05) is 24.2 Å². The Morgan fingerprint density at radius 1 is 1.00 bits per heavy atom. The Labute approximate surface area is 183 Å². The smallest absolute Gasteiger partial charge is 0.268 e. The summed E-state index contributed by atoms with van der Waals surface area (Å²) in [4.78, 5) is 18.6. The van der Waals surface area contributed by atoms with Crippen molar-refractivity contribution in [3.05, 3.63) is 87.6 Å². The average molecular weight is 417 g/mol. The number of aryl methyl sites for hydroxylation is 1. The number of thiophene rings is 1. The molecule has 1 spiro atoms. The second-order valence-corrected chi connectivity index (χ2v) is 9.69. The van der Waals surface area contributed by atoms with E-state index in [0.717, 1.165) is 56.0 Å². The molecule has 5 rings (SSSR count). The SMILES string of the molecule is Cc1ccc(CCN2CCC3(CC2)CN(C(=O)c2cccs2)c2ccccc23)cc1. The van der Waals surface area contributed by atoms with Gasteiger partial charge in [0.2, 0.25) is 0 Å². The lowest BCUT2D eigenvalue weighted by Crippen LogP contribution is -2.46. The van der Waals surface area contributed by atoms with E-state index in [-0.39, 0.29) is 11.3 Å². The van der Waals surface area contributed by atoms with Crippen LogP contribution in [0, 0.1) is 6.92 Å². The first-order valence-electron chi connectivity index (χ1n) is 10.9. The van der Waals surface area contributed by atoms with Gasteiger partial charge in [0.05, 0.1) is 4.88 Å². The third kappa shape index (κ3) is 3.59. The standard InChI is InChI=1S/C26H28N2OS/c1-20-8-10-21(11-9-20)12-15-27-16-13-26(14-17-27)19-28(23-6-3-2-5-22(23)26)25(29)24-7-4-18-30-24/h2-11,18H,12-17,19H2,1H3. The molecule has 2 aliphatic rings. The van der Waals surface area contributed by atoms with Gasteiger partial charge in [0.25, 0.3) is 5.91 Å². The fraction of sp³-hybridized carbons (Fsp3) is 0.346. The van der Waals surface area contributed by atoms with Gasteiger partial charge >= 0.3 is 0 Å². The van der Waals surface area contributed by atoms with E-state index < -0.39 is 0 Å². The summed E-state index contributed by atoms with van der Waals surface area (Å²) in [6.07, 6.45) is 3.34. The number of nitrogens with zero attached hydrogens (tertiary/aromatic N) is 2. The maximum Gasteiger partial charge on any atom is 0.268 e. The lowest BCUT2D eigenvalue weighted by atomic mass is 9.74. The number of rotatable bonds is 4. The highest BCUT2D eigenvalue weighted by atomic mass is 32.1. The average Bonchev–Trinajstić information content (AvgIpc) is 3.42. The zero-order valence-electron chi connectivity index (χ0n) is 17.5. The van der Waals surface area contributed by atoms with Crippen molar-refractivity contribution in [3.8, 4) is 0 Å². The third-order valence-corrected chi connectivity index (χ3v) is 7.71. The number of amides is 1. The Hall–Kier alpha value is -2.43. The van der Waals surface area contributed by atoms with Gasteiger partial charge in [-0.25, -0.2) is 0 Å². The van der Waals surface area contributed by atoms with Gasteiger partial charge in [0.15, 0.2) is 0 Å². The van der Waals surface area contributed by atoms with E-state index in [1.54, 1.807) is 0 Å². The highest BCUT2D eigenvalue weighted by Gasteiger charge is 2.46. The molecule has 0 unspecified atom stereocenters. The number of benzene rings is 2. The summed E-state index contributed by atoms with van der Waals surface area (Å²) in [6.45, 7) is 6.26. The third-order valence-electron chi connectivity index (χ3n) is 6.85. The van der Waals surface area contributed by atoms with Gasteiger partial charge in [-0.3, -0.25) is 4.79 Å². The molecule has 0 atom stereocenters. The molecule has 0 N–H and O–H groups in total. The molecular weight excluding hydrogens is 388 g/mol. The van der Waals surface area contributed by atoms with E-state index in [9.17, 15) is 4.79 Å². The van der Waals surface area contributed by atoms with Gasteiger partial charge in [-0.15, -0.1) is 11.3 Å². The lowest BCUT2D eigenvalue weighted by molar-refractivity contribution is 0.0980. The summed E-state index contributed by atoms with van der Waals surface area (Å²) in [5.41, 5.74) is 5.32. The van der Waals surface area contributed by atoms with Crippen LogP contribution in [0.15, 0.2) is 66.0 Å². The van der Waals surface area contributed by atoms with Crippen LogP contribution in [-0.2, 0) is 11.8 Å². The van der Waals surface area contributed by atoms with Crippen molar-refractivity contribution in [2.24, 2.45) is 0 Å². The second kappa shape index (κ2) is 8.01. The Balaban J connectivity index is 1.29. The van der Waals surface area contributed by atoms with E-state index in [2.05, 4.69) is 60.4 Å². The normalized spacial score (nSPS) is 18.0. The summed E-state index contributed by atoms with van der Waals surface area (Å²) in [5.74, 6) is 0.149. The number of carbonyl (C=O) groups is 1. The van der Waals surface area contributed by atoms with Crippen LogP contribution in [0.4, 0.5) is 5.69 Å². The first-order valence-corrected chi connectivity index (χ1v) is 11.8. The molecule has 0 aliphatic carbocycles. The Bertz CT molecular complexity index is 1020. The van der Waals surface area contributed by atoms with Gasteiger partial charge in [-0.1, -0.05) is 54.1 Å². The van der Waals surface area contributed by atoms with E-state index in [1.807, 2.05) is 22.4 Å². The van der Waals surface area contributed by atoms with Crippen molar-refractivity contribution < 1.29 is 4.79 Å². The maximum atomic E-state index is 13.2. The molecule has 0 radical (unpaired) electrons. The van der Waals surface area contributed by atoms with Crippen LogP contribution in [0.2, 0.25) is 0 Å². The summed E-state index contributed by atoms with van der Waals surface area (Å²) >= 11 is 1.53. The van der Waals surface area contributed by atoms with Gasteiger partial charge in [-0.2, -0.15) is 0 Å². The van der Waals surface area contributed by atoms with Crippen LogP contribution in [0.5, 0.6) is 0 Å². The number of fused-ring (bicyclic) bond motifs is 2. The van der Waals surface area contributed by atoms with Crippen LogP contribution < -0.4 is 4.90 Å². The number of piperidine rings is 1. The van der Waals surface area contributed by atoms with Crippen molar-refractivity contribution in [2.75, 3.05) is 31.1 Å². The zero-order valence-corrected chi connectivity index (χ0v) is 18.3. The molecule has 3 heterocycles. The van der Waals surface area contributed by atoms with Crippen LogP contribution >= 0.6 is 11.3 Å². The molecule has 2 aliphatic heterocycles. The maximum absolute atomic E-state index is 13.2. The minimum atomic E-state index is 0.101. The van der Waals surface area contributed by atoms with Crippen molar-refractivity contribution in [3.63, 3.8) is 0 Å². The van der Waals surface area contributed by atoms with Crippen LogP contribution in [-0.4, -0.2) is 37.0 Å². The van der Waals surface area contributed by atoms with Crippen molar-refractivity contribution in [2.45, 2.75) is 31.6 Å². The number of carbonyl (C=O) groups excluding carboxylic acids is 1. The first kappa shape index (κ1) is 19.5. The van der Waals surface area contributed by atoms with Crippen LogP contribution in [0.25, 0.3) is 0 Å². The number of hydrogen-bond donors (Lipinski definition) is 0. The highest BCUT2D eigenvalue weighted by molar-refractivity contribution is 7.12. The predicted octanol–water partition coefficient (Wildman–Crippen LogP) is 5.29. The monoisotopic (exact) mass is 416 g/mol. The summed E-state index contributed by atoms with van der Waals surface area (Å²) in [5, 5.41) is 1.98. The van der Waals surface area contributed by atoms with Crippen LogP contribution in [0.3, 0.4) is 0 Å². The molecular formula is C26H28N2OS. The zero-order chi connectivity index (χ0) is 20.6. The summed E-state index contributed by atoms with van der Waals surface area (Å²) in [6, 6.07) is 21.4. The van der Waals surface area contributed by atoms with E-state index >= 15 is 0 Å². The molecule has 0 bridgehead atoms. The predicted molar refractivity (Wildman–Crippen MR) is 125 cm³/mol. The van der Waals surface area contributed by atoms with Crippen molar-refractivity contribution in [1.29, 1.82) is 0 Å². The van der Waals surface area contributed by atoms with E-state index in [4.69, 9.17) is 0 Å². The summed E-state index contributed by atoms with van der Waals surface area (Å²) in [7, 11) is 0. The molecule has 3 aromatic rings. The molecule has 154 valence electrons. The largest absolute Gasteiger partial charge is 0.306 e. The van der Waals surface area contributed by atoms with Crippen molar-refractivity contribution >= 4 is 22.9 Å². The van der Waals surface area contributed by atoms with Gasteiger partial charge in [-0.05, 0) is 67.9 Å². The van der Waals surface area contributed by atoms with Gasteiger partial charge in [0.1, 0.15) is 0 Å². The first-order chi connectivity index (χ1) is 14.6. The molecule has 1 aromatic heterocycles. The lowest BCUT2D eigenvalue weighted by Gasteiger charge is -2.40. The molecule has 2 aromatic carbocycles. The number of likely N-dealkylation sites (tertiary alicyclic amines) is 1. The Kier molecular flexibility index (Phi) is 5.21. The summed E-state index contributed by atoms with van der Waals surface area (Å²) < 4.78 is 0. The second-order valence-electron chi connectivity index (χ2n) is 8.74. The Morgan fingerprint density at radius 2 is 1.77 bits per heavy atom. The Morgan fingerprint density at radius 3 is 2.50 bits per heavy atom. The van der Waals surface area contributed by atoms with Crippen molar-refractivity contribution in [1.82, 2.24) is 4.90 Å². The topological polar surface area (TPSA) is 23.6 Å². The fourth-order valence-electron chi connectivity index (χ4n) is 5.02. The molecule has 3 nitrogen and oxygen atoms in total. The molecule has 1 amide bonds. The minimum absolute atomic E-state index is 0.101. The molecule has 1 saturated heterocycles. The number of para-hydroxylation sites is 1. The molecule has 4 heteroatoms. The van der Waals surface area contributed by atoms with Gasteiger partial charge < -0.3 is 9.80 Å². The fourth-order valence-corrected chi connectivity index (χ4v) is 5.69. The van der Waals surface area contributed by atoms with E-state index in [0.29, 0.717) is 0 Å².